The van der Waals surface area contributed by atoms with Gasteiger partial charge in [0.25, 0.3) is 0 Å². The van der Waals surface area contributed by atoms with Gasteiger partial charge >= 0.3 is 0 Å². The number of aromatic nitrogens is 2. The average Bonchev–Trinajstić information content (AvgIpc) is 2.61. The minimum absolute atomic E-state index is 0.225. The van der Waals surface area contributed by atoms with Crippen molar-refractivity contribution in [1.82, 2.24) is 14.7 Å². The van der Waals surface area contributed by atoms with Crippen molar-refractivity contribution < 1.29 is 5.11 Å². The molecule has 18 heavy (non-hydrogen) atoms. The van der Waals surface area contributed by atoms with Crippen LogP contribution in [0, 0.1) is 12.8 Å². The van der Waals surface area contributed by atoms with E-state index < -0.39 is 0 Å². The molecule has 0 amide bonds. The van der Waals surface area contributed by atoms with E-state index in [1.165, 1.54) is 0 Å². The van der Waals surface area contributed by atoms with Crippen molar-refractivity contribution in [2.24, 2.45) is 5.92 Å². The molecule has 2 atom stereocenters. The number of rotatable bonds is 3. The first-order valence-corrected chi connectivity index (χ1v) is 7.03. The van der Waals surface area contributed by atoms with Crippen LogP contribution in [-0.4, -0.2) is 39.0 Å². The zero-order valence-corrected chi connectivity index (χ0v) is 12.1. The number of hydrogen-bond donors (Lipinski definition) is 1. The monoisotopic (exact) mass is 271 g/mol. The van der Waals surface area contributed by atoms with Crippen molar-refractivity contribution in [2.75, 3.05) is 13.1 Å². The summed E-state index contributed by atoms with van der Waals surface area (Å²) in [6, 6.07) is 0. The van der Waals surface area contributed by atoms with Crippen molar-refractivity contribution in [2.45, 2.75) is 46.4 Å². The third-order valence-corrected chi connectivity index (χ3v) is 4.32. The van der Waals surface area contributed by atoms with E-state index in [0.717, 1.165) is 49.0 Å². The Morgan fingerprint density at radius 1 is 1.50 bits per heavy atom. The van der Waals surface area contributed by atoms with Gasteiger partial charge in [-0.15, -0.1) is 0 Å². The lowest BCUT2D eigenvalue weighted by atomic mass is 9.96. The highest BCUT2D eigenvalue weighted by Crippen LogP contribution is 2.24. The fraction of sp³-hybridized carbons (Fsp3) is 0.769. The molecule has 102 valence electrons. The van der Waals surface area contributed by atoms with Crippen molar-refractivity contribution in [3.05, 3.63) is 16.4 Å². The summed E-state index contributed by atoms with van der Waals surface area (Å²) >= 11 is 6.30. The van der Waals surface area contributed by atoms with E-state index in [2.05, 4.69) is 23.8 Å². The molecule has 0 saturated carbocycles. The largest absolute Gasteiger partial charge is 0.392 e. The summed E-state index contributed by atoms with van der Waals surface area (Å²) in [6.45, 7) is 9.46. The minimum atomic E-state index is -0.225. The van der Waals surface area contributed by atoms with E-state index in [-0.39, 0.29) is 6.10 Å². The van der Waals surface area contributed by atoms with E-state index in [1.54, 1.807) is 0 Å². The van der Waals surface area contributed by atoms with E-state index >= 15 is 0 Å². The third-order valence-electron chi connectivity index (χ3n) is 3.83. The molecule has 2 unspecified atom stereocenters. The number of piperidine rings is 1. The molecule has 1 fully saturated rings. The normalized spacial score (nSPS) is 25.6. The first kappa shape index (κ1) is 13.8. The van der Waals surface area contributed by atoms with Crippen LogP contribution in [0.3, 0.4) is 0 Å². The number of hydrogen-bond acceptors (Lipinski definition) is 3. The lowest BCUT2D eigenvalue weighted by molar-refractivity contribution is 0.0249. The van der Waals surface area contributed by atoms with Gasteiger partial charge in [-0.05, 0) is 32.7 Å². The highest BCUT2D eigenvalue weighted by atomic mass is 35.5. The zero-order valence-electron chi connectivity index (χ0n) is 11.4. The number of nitrogens with zero attached hydrogens (tertiary/aromatic N) is 3. The van der Waals surface area contributed by atoms with Crippen LogP contribution in [0.1, 0.15) is 31.7 Å². The average molecular weight is 272 g/mol. The molecule has 0 aliphatic carbocycles. The molecule has 4 nitrogen and oxygen atoms in total. The summed E-state index contributed by atoms with van der Waals surface area (Å²) < 4.78 is 1.96. The molecule has 0 spiro atoms. The van der Waals surface area contributed by atoms with Crippen LogP contribution in [0.2, 0.25) is 5.02 Å². The molecule has 1 aliphatic rings. The number of β-amino-alcohol motifs (C(OH)–C–C–N with tert-alkyl or cyclic N) is 1. The Bertz CT molecular complexity index is 419. The van der Waals surface area contributed by atoms with Crippen LogP contribution in [-0.2, 0) is 13.1 Å². The highest BCUT2D eigenvalue weighted by molar-refractivity contribution is 6.31. The molecule has 2 heterocycles. The fourth-order valence-corrected chi connectivity index (χ4v) is 2.68. The van der Waals surface area contributed by atoms with Crippen molar-refractivity contribution in [3.8, 4) is 0 Å². The number of likely N-dealkylation sites (tertiary alicyclic amines) is 1. The molecular formula is C13H22ClN3O. The Balaban J connectivity index is 2.10. The Kier molecular flexibility index (Phi) is 4.30. The fourth-order valence-electron chi connectivity index (χ4n) is 2.49. The topological polar surface area (TPSA) is 41.3 Å². The van der Waals surface area contributed by atoms with E-state index in [9.17, 15) is 5.11 Å². The molecule has 1 aliphatic heterocycles. The standard InChI is InChI=1S/C13H22ClN3O/c1-4-17-11(13(14)10(3)15-17)7-16-6-5-9(2)12(18)8-16/h9,12,18H,4-8H2,1-3H3. The van der Waals surface area contributed by atoms with Gasteiger partial charge in [-0.1, -0.05) is 18.5 Å². The highest BCUT2D eigenvalue weighted by Gasteiger charge is 2.25. The quantitative estimate of drug-likeness (QED) is 0.915. The minimum Gasteiger partial charge on any atom is -0.392 e. The lowest BCUT2D eigenvalue weighted by Gasteiger charge is -2.34. The van der Waals surface area contributed by atoms with Gasteiger partial charge in [-0.2, -0.15) is 5.10 Å². The van der Waals surface area contributed by atoms with Crippen LogP contribution < -0.4 is 0 Å². The first-order chi connectivity index (χ1) is 8.52. The Labute approximate surface area is 114 Å². The van der Waals surface area contributed by atoms with Crippen LogP contribution in [0.4, 0.5) is 0 Å². The van der Waals surface area contributed by atoms with Crippen molar-refractivity contribution in [3.63, 3.8) is 0 Å². The first-order valence-electron chi connectivity index (χ1n) is 6.65. The van der Waals surface area contributed by atoms with Crippen LogP contribution in [0.5, 0.6) is 0 Å². The summed E-state index contributed by atoms with van der Waals surface area (Å²) in [4.78, 5) is 2.26. The predicted octanol–water partition coefficient (Wildman–Crippen LogP) is 2.07. The zero-order chi connectivity index (χ0) is 13.3. The molecule has 5 heteroatoms. The Hall–Kier alpha value is -0.580. The predicted molar refractivity (Wildman–Crippen MR) is 72.7 cm³/mol. The molecule has 2 rings (SSSR count). The second kappa shape index (κ2) is 5.59. The second-order valence-electron chi connectivity index (χ2n) is 5.23. The second-order valence-corrected chi connectivity index (χ2v) is 5.61. The van der Waals surface area contributed by atoms with Gasteiger partial charge in [-0.3, -0.25) is 9.58 Å². The summed E-state index contributed by atoms with van der Waals surface area (Å²) in [7, 11) is 0. The van der Waals surface area contributed by atoms with Gasteiger partial charge in [-0.25, -0.2) is 0 Å². The van der Waals surface area contributed by atoms with Gasteiger partial charge in [0.05, 0.1) is 22.5 Å². The van der Waals surface area contributed by atoms with Crippen LogP contribution in [0.25, 0.3) is 0 Å². The number of aliphatic hydroxyl groups excluding tert-OH is 1. The van der Waals surface area contributed by atoms with Crippen molar-refractivity contribution >= 4 is 11.6 Å². The van der Waals surface area contributed by atoms with Crippen molar-refractivity contribution in [1.29, 1.82) is 0 Å². The molecule has 1 aromatic heterocycles. The lowest BCUT2D eigenvalue weighted by Crippen LogP contribution is -2.42. The molecule has 1 aromatic rings. The van der Waals surface area contributed by atoms with Gasteiger partial charge in [0.1, 0.15) is 0 Å². The van der Waals surface area contributed by atoms with Crippen LogP contribution >= 0.6 is 11.6 Å². The van der Waals surface area contributed by atoms with Gasteiger partial charge < -0.3 is 5.11 Å². The van der Waals surface area contributed by atoms with Crippen LogP contribution in [0.15, 0.2) is 0 Å². The maximum Gasteiger partial charge on any atom is 0.0860 e. The van der Waals surface area contributed by atoms with Gasteiger partial charge in [0, 0.05) is 19.6 Å². The molecular weight excluding hydrogens is 250 g/mol. The molecule has 0 aromatic carbocycles. The smallest absolute Gasteiger partial charge is 0.0860 e. The summed E-state index contributed by atoms with van der Waals surface area (Å²) in [5.74, 6) is 0.398. The SMILES string of the molecule is CCn1nc(C)c(Cl)c1CN1CCC(C)C(O)C1. The maximum atomic E-state index is 9.93. The number of aliphatic hydroxyl groups is 1. The maximum absolute atomic E-state index is 9.93. The van der Waals surface area contributed by atoms with E-state index in [1.807, 2.05) is 11.6 Å². The summed E-state index contributed by atoms with van der Waals surface area (Å²) in [5.41, 5.74) is 1.96. The molecule has 0 bridgehead atoms. The van der Waals surface area contributed by atoms with Gasteiger partial charge in [0.15, 0.2) is 0 Å². The summed E-state index contributed by atoms with van der Waals surface area (Å²) in [5, 5.41) is 15.1. The third kappa shape index (κ3) is 2.71. The van der Waals surface area contributed by atoms with E-state index in [0.29, 0.717) is 5.92 Å². The molecule has 0 radical (unpaired) electrons. The number of halogens is 1. The Morgan fingerprint density at radius 2 is 2.22 bits per heavy atom. The summed E-state index contributed by atoms with van der Waals surface area (Å²) in [6.07, 6.45) is 0.814. The number of aryl methyl sites for hydroxylation is 2. The molecule has 1 saturated heterocycles. The van der Waals surface area contributed by atoms with E-state index in [4.69, 9.17) is 11.6 Å². The Morgan fingerprint density at radius 3 is 2.83 bits per heavy atom. The molecule has 1 N–H and O–H groups in total. The van der Waals surface area contributed by atoms with Gasteiger partial charge in [0.2, 0.25) is 0 Å².